The molecule has 0 spiro atoms. The molecule has 142 valence electrons. The molecule has 0 saturated carbocycles. The zero-order valence-corrected chi connectivity index (χ0v) is 15.8. The highest BCUT2D eigenvalue weighted by atomic mass is 16.4. The maximum atomic E-state index is 11.8. The van der Waals surface area contributed by atoms with Crippen molar-refractivity contribution in [1.82, 2.24) is 0 Å². The number of aliphatic hydroxyl groups is 1. The summed E-state index contributed by atoms with van der Waals surface area (Å²) in [4.78, 5) is 23.5. The molecule has 1 aliphatic carbocycles. The van der Waals surface area contributed by atoms with Gasteiger partial charge < -0.3 is 15.3 Å². The molecule has 2 atom stereocenters. The van der Waals surface area contributed by atoms with Gasteiger partial charge in [0.05, 0.1) is 5.41 Å². The van der Waals surface area contributed by atoms with Crippen molar-refractivity contribution in [2.75, 3.05) is 6.61 Å². The molecule has 0 amide bonds. The monoisotopic (exact) mass is 360 g/mol. The van der Waals surface area contributed by atoms with E-state index in [2.05, 4.69) is 0 Å². The summed E-state index contributed by atoms with van der Waals surface area (Å²) in [5.74, 6) is -2.65. The largest absolute Gasteiger partial charge is 0.481 e. The van der Waals surface area contributed by atoms with Gasteiger partial charge in [-0.2, -0.15) is 0 Å². The van der Waals surface area contributed by atoms with E-state index in [0.29, 0.717) is 6.61 Å². The number of carboxylic acids is 2. The summed E-state index contributed by atoms with van der Waals surface area (Å²) < 4.78 is 0. The number of aliphatic hydroxyl groups excluding tert-OH is 1. The Balaban J connectivity index is 0.000000765. The zero-order chi connectivity index (χ0) is 19.9. The highest BCUT2D eigenvalue weighted by molar-refractivity contribution is 5.93. The van der Waals surface area contributed by atoms with Gasteiger partial charge in [-0.1, -0.05) is 63.3 Å². The molecule has 0 bridgehead atoms. The lowest BCUT2D eigenvalue weighted by molar-refractivity contribution is -0.146. The number of carbonyl (C=O) groups is 2. The molecule has 26 heavy (non-hydrogen) atoms. The van der Waals surface area contributed by atoms with Gasteiger partial charge in [0, 0.05) is 18.1 Å². The average molecular weight is 360 g/mol. The van der Waals surface area contributed by atoms with E-state index in [4.69, 9.17) is 5.11 Å². The molecule has 5 heteroatoms. The predicted molar refractivity (Wildman–Crippen MR) is 101 cm³/mol. The Kier molecular flexibility index (Phi) is 7.77. The van der Waals surface area contributed by atoms with E-state index in [1.807, 2.05) is 45.0 Å². The molecule has 5 nitrogen and oxygen atoms in total. The van der Waals surface area contributed by atoms with Crippen molar-refractivity contribution in [3.8, 4) is 0 Å². The summed E-state index contributed by atoms with van der Waals surface area (Å²) in [7, 11) is 0. The molecule has 2 rings (SSSR count). The van der Waals surface area contributed by atoms with Crippen LogP contribution in [0, 0.1) is 5.41 Å². The first-order valence-electron chi connectivity index (χ1n) is 8.76. The van der Waals surface area contributed by atoms with E-state index < -0.39 is 23.3 Å². The molecule has 0 heterocycles. The molecule has 2 unspecified atom stereocenters. The number of allylic oxidation sites excluding steroid dienone is 2. The summed E-state index contributed by atoms with van der Waals surface area (Å²) in [5, 5.41) is 27.1. The first-order chi connectivity index (χ1) is 12.2. The van der Waals surface area contributed by atoms with E-state index in [1.54, 1.807) is 13.0 Å². The van der Waals surface area contributed by atoms with Crippen molar-refractivity contribution in [3.63, 3.8) is 0 Å². The second-order valence-electron chi connectivity index (χ2n) is 6.81. The normalized spacial score (nSPS) is 21.6. The van der Waals surface area contributed by atoms with Gasteiger partial charge in [-0.25, -0.2) is 4.79 Å². The fourth-order valence-electron chi connectivity index (χ4n) is 3.05. The second kappa shape index (κ2) is 9.34. The van der Waals surface area contributed by atoms with Gasteiger partial charge in [0.25, 0.3) is 0 Å². The minimum Gasteiger partial charge on any atom is -0.481 e. The molecule has 0 aromatic heterocycles. The van der Waals surface area contributed by atoms with Gasteiger partial charge in [-0.3, -0.25) is 4.79 Å². The third kappa shape index (κ3) is 4.61. The maximum absolute atomic E-state index is 11.8. The van der Waals surface area contributed by atoms with Crippen molar-refractivity contribution in [2.24, 2.45) is 5.41 Å². The molecular formula is C21H28O5. The van der Waals surface area contributed by atoms with Crippen LogP contribution in [-0.2, 0) is 9.59 Å². The number of hydrogen-bond donors (Lipinski definition) is 3. The van der Waals surface area contributed by atoms with Crippen molar-refractivity contribution < 1.29 is 24.9 Å². The third-order valence-corrected chi connectivity index (χ3v) is 4.49. The fraction of sp³-hybridized carbons (Fsp3) is 0.429. The van der Waals surface area contributed by atoms with Crippen LogP contribution in [0.5, 0.6) is 0 Å². The molecule has 0 fully saturated rings. The van der Waals surface area contributed by atoms with Gasteiger partial charge >= 0.3 is 11.9 Å². The summed E-state index contributed by atoms with van der Waals surface area (Å²) in [5.41, 5.74) is 0.566. The Hall–Kier alpha value is -2.40. The molecule has 1 aliphatic rings. The topological polar surface area (TPSA) is 94.8 Å². The van der Waals surface area contributed by atoms with Crippen LogP contribution in [0.3, 0.4) is 0 Å². The molecule has 1 aromatic rings. The summed E-state index contributed by atoms with van der Waals surface area (Å²) >= 11 is 0. The second-order valence-corrected chi connectivity index (χ2v) is 6.81. The highest BCUT2D eigenvalue weighted by Gasteiger charge is 2.46. The van der Waals surface area contributed by atoms with Crippen LogP contribution in [0.2, 0.25) is 0 Å². The van der Waals surface area contributed by atoms with Gasteiger partial charge in [-0.05, 0) is 30.4 Å². The smallest absolute Gasteiger partial charge is 0.332 e. The minimum absolute atomic E-state index is 0.112. The van der Waals surface area contributed by atoms with Crippen molar-refractivity contribution in [1.29, 1.82) is 0 Å². The Morgan fingerprint density at radius 3 is 2.23 bits per heavy atom. The van der Waals surface area contributed by atoms with Crippen molar-refractivity contribution >= 4 is 11.9 Å². The first-order valence-corrected chi connectivity index (χ1v) is 8.76. The molecule has 3 N–H and O–H groups in total. The number of carboxylic acid groups (broad SMARTS) is 2. The van der Waals surface area contributed by atoms with Crippen molar-refractivity contribution in [3.05, 3.63) is 59.2 Å². The summed E-state index contributed by atoms with van der Waals surface area (Å²) in [6, 6.07) is 7.47. The van der Waals surface area contributed by atoms with Crippen LogP contribution in [0.25, 0.3) is 0 Å². The summed E-state index contributed by atoms with van der Waals surface area (Å²) in [6.45, 7) is 7.85. The maximum Gasteiger partial charge on any atom is 0.332 e. The lowest BCUT2D eigenvalue weighted by Gasteiger charge is -2.36. The van der Waals surface area contributed by atoms with Gasteiger partial charge in [0.1, 0.15) is 0 Å². The van der Waals surface area contributed by atoms with Crippen LogP contribution in [0.1, 0.15) is 57.1 Å². The number of aliphatic carboxylic acids is 2. The average Bonchev–Trinajstić information content (AvgIpc) is 2.61. The van der Waals surface area contributed by atoms with Crippen LogP contribution in [0.4, 0.5) is 0 Å². The first kappa shape index (κ1) is 21.6. The van der Waals surface area contributed by atoms with Gasteiger partial charge in [-0.15, -0.1) is 0 Å². The Morgan fingerprint density at radius 1 is 1.19 bits per heavy atom. The Labute approximate surface area is 154 Å². The molecule has 0 saturated heterocycles. The van der Waals surface area contributed by atoms with Crippen molar-refractivity contribution in [2.45, 2.75) is 46.0 Å². The van der Waals surface area contributed by atoms with Gasteiger partial charge in [0.15, 0.2) is 0 Å². The van der Waals surface area contributed by atoms with E-state index in [-0.39, 0.29) is 11.5 Å². The third-order valence-electron chi connectivity index (χ3n) is 4.49. The number of hydrogen-bond acceptors (Lipinski definition) is 3. The van der Waals surface area contributed by atoms with E-state index in [0.717, 1.165) is 17.5 Å². The minimum atomic E-state index is -1.28. The Morgan fingerprint density at radius 2 is 1.77 bits per heavy atom. The number of rotatable bonds is 5. The molecule has 1 aromatic carbocycles. The quantitative estimate of drug-likeness (QED) is 0.739. The standard InChI is InChI=1S/C18H20O4.C3H8O/c1-11(2)12-7-4-5-8-13(12)15-14(16(19)20)9-6-10-18(15,3)17(21)22;1-2-3-4/h4-11,15H,1-3H3,(H,19,20)(H,21,22);4H,2-3H2,1H3. The predicted octanol–water partition coefficient (Wildman–Crippen LogP) is 3.95. The molecule has 0 radical (unpaired) electrons. The lowest BCUT2D eigenvalue weighted by atomic mass is 9.65. The SMILES string of the molecule is CC(C)c1ccccc1C1C(C(=O)O)=CC=CC1(C)C(=O)O.CCCO. The van der Waals surface area contributed by atoms with Crippen LogP contribution in [0.15, 0.2) is 48.1 Å². The number of benzene rings is 1. The highest BCUT2D eigenvalue weighted by Crippen LogP contribution is 2.47. The zero-order valence-electron chi connectivity index (χ0n) is 15.8. The molecular weight excluding hydrogens is 332 g/mol. The van der Waals surface area contributed by atoms with E-state index in [9.17, 15) is 19.8 Å². The van der Waals surface area contributed by atoms with Crippen LogP contribution >= 0.6 is 0 Å². The molecule has 0 aliphatic heterocycles. The van der Waals surface area contributed by atoms with Gasteiger partial charge in [0.2, 0.25) is 0 Å². The fourth-order valence-corrected chi connectivity index (χ4v) is 3.05. The van der Waals surface area contributed by atoms with E-state index in [1.165, 1.54) is 12.2 Å². The van der Waals surface area contributed by atoms with Crippen LogP contribution in [-0.4, -0.2) is 33.9 Å². The van der Waals surface area contributed by atoms with Crippen LogP contribution < -0.4 is 0 Å². The Bertz CT molecular complexity index is 700. The lowest BCUT2D eigenvalue weighted by Crippen LogP contribution is -2.37. The summed E-state index contributed by atoms with van der Waals surface area (Å²) in [6.07, 6.45) is 5.46. The van der Waals surface area contributed by atoms with E-state index >= 15 is 0 Å².